The van der Waals surface area contributed by atoms with Crippen molar-refractivity contribution in [2.45, 2.75) is 38.0 Å². The van der Waals surface area contributed by atoms with Crippen LogP contribution in [0.4, 0.5) is 5.69 Å². The molecule has 0 unspecified atom stereocenters. The number of ketones is 2. The maximum Gasteiger partial charge on any atom is 0.255 e. The minimum absolute atomic E-state index is 0.00645. The minimum atomic E-state index is -2.66. The number of phenols is 1. The Hall–Kier alpha value is -3.45. The summed E-state index contributed by atoms with van der Waals surface area (Å²) < 4.78 is 5.30. The molecule has 0 radical (unpaired) electrons. The highest BCUT2D eigenvalue weighted by Gasteiger charge is 2.63. The van der Waals surface area contributed by atoms with Gasteiger partial charge in [-0.25, -0.2) is 0 Å². The van der Waals surface area contributed by atoms with Crippen LogP contribution >= 0.6 is 0 Å². The Morgan fingerprint density at radius 1 is 1.17 bits per heavy atom. The summed E-state index contributed by atoms with van der Waals surface area (Å²) >= 11 is 0. The number of nitrogens with two attached hydrogens (primary N) is 1. The van der Waals surface area contributed by atoms with E-state index in [0.717, 1.165) is 5.69 Å². The van der Waals surface area contributed by atoms with Crippen LogP contribution in [0, 0.1) is 17.3 Å². The van der Waals surface area contributed by atoms with Crippen LogP contribution in [0.5, 0.6) is 5.75 Å². The molecule has 1 amide bonds. The summed E-state index contributed by atoms with van der Waals surface area (Å²) in [6.45, 7) is 4.28. The molecule has 41 heavy (non-hydrogen) atoms. The summed E-state index contributed by atoms with van der Waals surface area (Å²) in [5.74, 6) is -6.58. The SMILES string of the molecule is CN(C)c1cc(CNCC2(C)COC2)c(O)c2c1C[C@H]1C[C@H]3[C@H](N(C)C)C(O)=C(C(N)=O)C(=O)[C@@]3(O)C(O)=C1C2=O. The van der Waals surface area contributed by atoms with Gasteiger partial charge in [0.05, 0.1) is 24.8 Å². The number of carbonyl (C=O) groups is 3. The maximum atomic E-state index is 14.1. The number of likely N-dealkylation sites (N-methyl/N-ethyl adjacent to an activating group) is 1. The summed E-state index contributed by atoms with van der Waals surface area (Å²) in [6, 6.07) is 0.806. The number of amides is 1. The number of hydrogen-bond acceptors (Lipinski definition) is 11. The molecule has 0 spiro atoms. The van der Waals surface area contributed by atoms with Gasteiger partial charge in [-0.05, 0) is 44.5 Å². The number of Topliss-reactive ketones (excluding diaryl/α,β-unsaturated/α-hetero) is 2. The Morgan fingerprint density at radius 3 is 2.37 bits per heavy atom. The zero-order valence-electron chi connectivity index (χ0n) is 23.9. The molecule has 4 aliphatic rings. The second-order valence-corrected chi connectivity index (χ2v) is 12.5. The van der Waals surface area contributed by atoms with Crippen LogP contribution in [-0.4, -0.2) is 102 Å². The van der Waals surface area contributed by atoms with Gasteiger partial charge in [0.2, 0.25) is 5.78 Å². The Bertz CT molecular complexity index is 1410. The first-order chi connectivity index (χ1) is 19.1. The van der Waals surface area contributed by atoms with E-state index >= 15 is 0 Å². The van der Waals surface area contributed by atoms with Crippen LogP contribution in [0.25, 0.3) is 0 Å². The van der Waals surface area contributed by atoms with E-state index in [9.17, 15) is 34.8 Å². The molecule has 1 aromatic carbocycles. The van der Waals surface area contributed by atoms with E-state index in [4.69, 9.17) is 10.5 Å². The van der Waals surface area contributed by atoms with Crippen LogP contribution in [-0.2, 0) is 27.3 Å². The van der Waals surface area contributed by atoms with E-state index in [1.807, 2.05) is 25.1 Å². The number of aliphatic hydroxyl groups excluding tert-OH is 2. The van der Waals surface area contributed by atoms with Gasteiger partial charge in [-0.15, -0.1) is 0 Å². The lowest BCUT2D eigenvalue weighted by molar-refractivity contribution is -0.148. The number of ether oxygens (including phenoxy) is 1. The highest BCUT2D eigenvalue weighted by Crippen LogP contribution is 2.53. The molecule has 4 atom stereocenters. The number of aliphatic hydroxyl groups is 3. The molecule has 222 valence electrons. The van der Waals surface area contributed by atoms with Gasteiger partial charge in [0.25, 0.3) is 5.91 Å². The van der Waals surface area contributed by atoms with Gasteiger partial charge >= 0.3 is 0 Å². The van der Waals surface area contributed by atoms with Crippen LogP contribution < -0.4 is 16.0 Å². The zero-order valence-corrected chi connectivity index (χ0v) is 23.9. The fraction of sp³-hybridized carbons (Fsp3) is 0.552. The number of aromatic hydroxyl groups is 1. The third-order valence-corrected chi connectivity index (χ3v) is 9.03. The molecule has 1 aliphatic heterocycles. The third kappa shape index (κ3) is 4.23. The standard InChI is InChI=1S/C29H38N4O8/c1-28(11-41-12-28)10-31-9-14-8-17(32(2)3)15-6-13-7-16-21(33(4)5)24(36)20(27(30)39)26(38)29(16,40)25(37)18(13)23(35)19(15)22(14)34/h8,13,16,21,31,34,36-37,40H,6-7,9-12H2,1-5H3,(H2,30,39)/t13-,16-,21-,29-/m0/s1. The predicted molar refractivity (Wildman–Crippen MR) is 149 cm³/mol. The smallest absolute Gasteiger partial charge is 0.255 e. The van der Waals surface area contributed by atoms with Crippen molar-refractivity contribution in [1.29, 1.82) is 0 Å². The lowest BCUT2D eigenvalue weighted by Crippen LogP contribution is -2.63. The highest BCUT2D eigenvalue weighted by molar-refractivity contribution is 6.24. The second kappa shape index (κ2) is 9.83. The van der Waals surface area contributed by atoms with Crippen molar-refractivity contribution in [2.24, 2.45) is 23.0 Å². The van der Waals surface area contributed by atoms with E-state index < -0.39 is 58.0 Å². The fourth-order valence-electron chi connectivity index (χ4n) is 6.94. The van der Waals surface area contributed by atoms with Gasteiger partial charge in [0.15, 0.2) is 11.4 Å². The van der Waals surface area contributed by atoms with Gasteiger partial charge in [0.1, 0.15) is 22.8 Å². The average molecular weight is 571 g/mol. The minimum Gasteiger partial charge on any atom is -0.510 e. The number of primary amides is 1. The van der Waals surface area contributed by atoms with E-state index in [2.05, 4.69) is 12.2 Å². The molecule has 1 fully saturated rings. The van der Waals surface area contributed by atoms with Gasteiger partial charge in [-0.3, -0.25) is 19.3 Å². The van der Waals surface area contributed by atoms with E-state index in [-0.39, 0.29) is 41.7 Å². The van der Waals surface area contributed by atoms with Crippen molar-refractivity contribution >= 4 is 23.2 Å². The van der Waals surface area contributed by atoms with E-state index in [0.29, 0.717) is 30.9 Å². The summed E-state index contributed by atoms with van der Waals surface area (Å²) in [5, 5.41) is 48.9. The van der Waals surface area contributed by atoms with Crippen LogP contribution in [0.15, 0.2) is 28.7 Å². The molecule has 1 saturated heterocycles. The van der Waals surface area contributed by atoms with Gasteiger partial charge < -0.3 is 41.1 Å². The number of hydrogen-bond donors (Lipinski definition) is 6. The zero-order chi connectivity index (χ0) is 30.2. The number of carbonyl (C=O) groups excluding carboxylic acids is 3. The molecule has 0 bridgehead atoms. The Labute approximate surface area is 238 Å². The van der Waals surface area contributed by atoms with Gasteiger partial charge in [-0.1, -0.05) is 6.92 Å². The Morgan fingerprint density at radius 2 is 1.83 bits per heavy atom. The normalized spacial score (nSPS) is 28.7. The molecule has 12 heteroatoms. The molecule has 3 aliphatic carbocycles. The maximum absolute atomic E-state index is 14.1. The Kier molecular flexibility index (Phi) is 6.97. The first-order valence-electron chi connectivity index (χ1n) is 13.6. The van der Waals surface area contributed by atoms with Crippen molar-refractivity contribution in [3.63, 3.8) is 0 Å². The number of rotatable bonds is 7. The molecular weight excluding hydrogens is 532 g/mol. The molecule has 5 rings (SSSR count). The predicted octanol–water partition coefficient (Wildman–Crippen LogP) is 0.313. The monoisotopic (exact) mass is 570 g/mol. The number of nitrogens with zero attached hydrogens (tertiary/aromatic N) is 2. The van der Waals surface area contributed by atoms with Gasteiger partial charge in [0, 0.05) is 55.3 Å². The Balaban J connectivity index is 1.62. The quantitative estimate of drug-likeness (QED) is 0.248. The molecule has 1 heterocycles. The molecular formula is C29H38N4O8. The van der Waals surface area contributed by atoms with Crippen LogP contribution in [0.3, 0.4) is 0 Å². The largest absolute Gasteiger partial charge is 0.510 e. The van der Waals surface area contributed by atoms with Crippen LogP contribution in [0.1, 0.15) is 34.8 Å². The van der Waals surface area contributed by atoms with Gasteiger partial charge in [-0.2, -0.15) is 0 Å². The van der Waals surface area contributed by atoms with Crippen molar-refractivity contribution in [3.05, 3.63) is 45.4 Å². The topological polar surface area (TPSA) is 186 Å². The number of phenolic OH excluding ortho intramolecular Hbond substituents is 1. The second-order valence-electron chi connectivity index (χ2n) is 12.5. The van der Waals surface area contributed by atoms with E-state index in [1.165, 1.54) is 4.90 Å². The van der Waals surface area contributed by atoms with Crippen LogP contribution in [0.2, 0.25) is 0 Å². The summed E-state index contributed by atoms with van der Waals surface area (Å²) in [7, 11) is 6.87. The highest BCUT2D eigenvalue weighted by atomic mass is 16.5. The molecule has 7 N–H and O–H groups in total. The van der Waals surface area contributed by atoms with Crippen molar-refractivity contribution < 1.29 is 39.5 Å². The molecule has 12 nitrogen and oxygen atoms in total. The fourth-order valence-corrected chi connectivity index (χ4v) is 6.94. The molecule has 0 aromatic heterocycles. The van der Waals surface area contributed by atoms with Crippen molar-refractivity contribution in [2.75, 3.05) is 52.8 Å². The molecule has 1 aromatic rings. The van der Waals surface area contributed by atoms with Crippen molar-refractivity contribution in [3.8, 4) is 5.75 Å². The summed E-state index contributed by atoms with van der Waals surface area (Å²) in [5.41, 5.74) is 3.54. The van der Waals surface area contributed by atoms with Crippen molar-refractivity contribution in [1.82, 2.24) is 10.2 Å². The number of benzene rings is 1. The first kappa shape index (κ1) is 29.1. The molecule has 0 saturated carbocycles. The number of allylic oxidation sites excluding steroid dienone is 1. The lowest BCUT2D eigenvalue weighted by atomic mass is 9.58. The summed E-state index contributed by atoms with van der Waals surface area (Å²) in [6.07, 6.45) is 0.280. The third-order valence-electron chi connectivity index (χ3n) is 9.03. The first-order valence-corrected chi connectivity index (χ1v) is 13.6. The number of fused-ring (bicyclic) bond motifs is 3. The van der Waals surface area contributed by atoms with E-state index in [1.54, 1.807) is 14.1 Å². The average Bonchev–Trinajstić information content (AvgIpc) is 2.85. The number of anilines is 1. The summed E-state index contributed by atoms with van der Waals surface area (Å²) in [4.78, 5) is 43.1. The number of nitrogens with one attached hydrogen (secondary N) is 1. The lowest BCUT2D eigenvalue weighted by Gasteiger charge is -2.50.